The van der Waals surface area contributed by atoms with Crippen LogP contribution in [0.2, 0.25) is 0 Å². The van der Waals surface area contributed by atoms with E-state index in [4.69, 9.17) is 4.74 Å². The molecule has 1 fully saturated rings. The third-order valence-corrected chi connectivity index (χ3v) is 7.26. The van der Waals surface area contributed by atoms with Crippen molar-refractivity contribution in [2.75, 3.05) is 31.1 Å². The minimum Gasteiger partial charge on any atom is -0.490 e. The Labute approximate surface area is 212 Å². The van der Waals surface area contributed by atoms with Crippen LogP contribution in [-0.2, 0) is 0 Å². The quantitative estimate of drug-likeness (QED) is 0.383. The summed E-state index contributed by atoms with van der Waals surface area (Å²) in [6, 6.07) is 27.5. The molecule has 1 unspecified atom stereocenters. The second kappa shape index (κ2) is 10.1. The monoisotopic (exact) mass is 477 g/mol. The summed E-state index contributed by atoms with van der Waals surface area (Å²) in [7, 11) is 0. The van der Waals surface area contributed by atoms with Crippen molar-refractivity contribution in [1.82, 2.24) is 9.88 Å². The predicted molar refractivity (Wildman–Crippen MR) is 147 cm³/mol. The molecule has 0 radical (unpaired) electrons. The van der Waals surface area contributed by atoms with Crippen LogP contribution in [0.15, 0.2) is 85.1 Å². The van der Waals surface area contributed by atoms with Crippen molar-refractivity contribution < 1.29 is 9.84 Å². The van der Waals surface area contributed by atoms with E-state index in [1.54, 1.807) is 6.20 Å². The lowest BCUT2D eigenvalue weighted by molar-refractivity contribution is 0.0602. The van der Waals surface area contributed by atoms with Gasteiger partial charge in [0.25, 0.3) is 0 Å². The zero-order valence-corrected chi connectivity index (χ0v) is 20.3. The normalized spacial score (nSPS) is 16.9. The van der Waals surface area contributed by atoms with E-state index < -0.39 is 6.10 Å². The summed E-state index contributed by atoms with van der Waals surface area (Å²) in [6.45, 7) is 2.79. The number of anilines is 2. The number of aliphatic hydroxyl groups excluding tert-OH is 1. The minimum atomic E-state index is -0.544. The molecule has 5 heteroatoms. The molecule has 0 bridgehead atoms. The Bertz CT molecular complexity index is 1320. The van der Waals surface area contributed by atoms with E-state index in [-0.39, 0.29) is 6.61 Å². The van der Waals surface area contributed by atoms with Gasteiger partial charge in [-0.1, -0.05) is 54.6 Å². The molecule has 0 saturated carbocycles. The number of piperidine rings is 1. The SMILES string of the molecule is OC(COc1cccc2ncccc12)CN1CCC(N2c3ccccc3C=Cc3ccccc32)CC1. The van der Waals surface area contributed by atoms with E-state index >= 15 is 0 Å². The zero-order valence-electron chi connectivity index (χ0n) is 20.3. The summed E-state index contributed by atoms with van der Waals surface area (Å²) < 4.78 is 6.00. The Hall–Kier alpha value is -3.67. The van der Waals surface area contributed by atoms with Crippen molar-refractivity contribution in [3.8, 4) is 5.75 Å². The molecule has 0 spiro atoms. The van der Waals surface area contributed by atoms with Crippen LogP contribution in [0.1, 0.15) is 24.0 Å². The average Bonchev–Trinajstić information content (AvgIpc) is 3.09. The highest BCUT2D eigenvalue weighted by atomic mass is 16.5. The van der Waals surface area contributed by atoms with Crippen molar-refractivity contribution in [3.05, 3.63) is 96.2 Å². The fourth-order valence-electron chi connectivity index (χ4n) is 5.50. The molecule has 3 aromatic carbocycles. The average molecular weight is 478 g/mol. The maximum Gasteiger partial charge on any atom is 0.128 e. The number of hydrogen-bond donors (Lipinski definition) is 1. The number of aromatic nitrogens is 1. The van der Waals surface area contributed by atoms with Gasteiger partial charge < -0.3 is 19.6 Å². The van der Waals surface area contributed by atoms with E-state index in [1.807, 2.05) is 30.3 Å². The molecule has 36 heavy (non-hydrogen) atoms. The van der Waals surface area contributed by atoms with Gasteiger partial charge >= 0.3 is 0 Å². The lowest BCUT2D eigenvalue weighted by atomic mass is 9.99. The number of pyridine rings is 1. The Morgan fingerprint density at radius 2 is 1.53 bits per heavy atom. The Kier molecular flexibility index (Phi) is 6.41. The van der Waals surface area contributed by atoms with Gasteiger partial charge in [-0.25, -0.2) is 0 Å². The maximum absolute atomic E-state index is 10.7. The minimum absolute atomic E-state index is 0.270. The second-order valence-corrected chi connectivity index (χ2v) is 9.64. The van der Waals surface area contributed by atoms with Gasteiger partial charge in [0.1, 0.15) is 18.5 Å². The molecule has 182 valence electrons. The van der Waals surface area contributed by atoms with Gasteiger partial charge in [-0.15, -0.1) is 0 Å². The molecule has 0 amide bonds. The lowest BCUT2D eigenvalue weighted by Gasteiger charge is -2.41. The van der Waals surface area contributed by atoms with Gasteiger partial charge in [-0.05, 0) is 60.4 Å². The summed E-state index contributed by atoms with van der Waals surface area (Å²) in [5.41, 5.74) is 5.96. The van der Waals surface area contributed by atoms with Gasteiger partial charge in [0.15, 0.2) is 0 Å². The van der Waals surface area contributed by atoms with Crippen LogP contribution in [0.3, 0.4) is 0 Å². The number of hydrogen-bond acceptors (Lipinski definition) is 5. The van der Waals surface area contributed by atoms with Crippen LogP contribution in [0.4, 0.5) is 11.4 Å². The fraction of sp³-hybridized carbons (Fsp3) is 0.258. The van der Waals surface area contributed by atoms with Crippen molar-refractivity contribution in [3.63, 3.8) is 0 Å². The van der Waals surface area contributed by atoms with Crippen LogP contribution in [0, 0.1) is 0 Å². The molecular weight excluding hydrogens is 446 g/mol. The molecule has 4 aromatic rings. The van der Waals surface area contributed by atoms with E-state index in [1.165, 1.54) is 22.5 Å². The van der Waals surface area contributed by atoms with Gasteiger partial charge in [-0.3, -0.25) is 4.98 Å². The Balaban J connectivity index is 1.10. The third-order valence-electron chi connectivity index (χ3n) is 7.26. The Morgan fingerprint density at radius 1 is 0.833 bits per heavy atom. The summed E-state index contributed by atoms with van der Waals surface area (Å²) >= 11 is 0. The molecular formula is C31H31N3O2. The molecule has 0 aliphatic carbocycles. The summed E-state index contributed by atoms with van der Waals surface area (Å²) in [4.78, 5) is 9.29. The molecule has 1 aromatic heterocycles. The first kappa shape index (κ1) is 22.8. The van der Waals surface area contributed by atoms with Crippen LogP contribution in [0.25, 0.3) is 23.1 Å². The summed E-state index contributed by atoms with van der Waals surface area (Å²) in [5.74, 6) is 0.769. The van der Waals surface area contributed by atoms with Crippen molar-refractivity contribution in [2.45, 2.75) is 25.0 Å². The van der Waals surface area contributed by atoms with E-state index in [0.29, 0.717) is 12.6 Å². The smallest absolute Gasteiger partial charge is 0.128 e. The zero-order chi connectivity index (χ0) is 24.3. The van der Waals surface area contributed by atoms with Crippen LogP contribution in [-0.4, -0.2) is 53.4 Å². The third kappa shape index (κ3) is 4.60. The van der Waals surface area contributed by atoms with Gasteiger partial charge in [0.05, 0.1) is 5.52 Å². The predicted octanol–water partition coefficient (Wildman–Crippen LogP) is 5.76. The van der Waals surface area contributed by atoms with E-state index in [0.717, 1.165) is 42.6 Å². The molecule has 1 saturated heterocycles. The second-order valence-electron chi connectivity index (χ2n) is 9.64. The van der Waals surface area contributed by atoms with Gasteiger partial charge in [0.2, 0.25) is 0 Å². The topological polar surface area (TPSA) is 48.8 Å². The number of ether oxygens (including phenoxy) is 1. The standard InChI is InChI=1S/C31H31N3O2/c35-26(22-36-31-13-5-10-28-27(31)9-6-18-32-28)21-33-19-16-25(17-20-33)34-29-11-3-1-7-23(29)14-15-24-8-2-4-12-30(24)34/h1-15,18,25-26,35H,16-17,19-22H2. The summed E-state index contributed by atoms with van der Waals surface area (Å²) in [5, 5.41) is 11.7. The molecule has 2 aliphatic rings. The Morgan fingerprint density at radius 3 is 2.25 bits per heavy atom. The van der Waals surface area contributed by atoms with Crippen LogP contribution >= 0.6 is 0 Å². The number of aliphatic hydroxyl groups is 1. The fourth-order valence-corrected chi connectivity index (χ4v) is 5.50. The van der Waals surface area contributed by atoms with Gasteiger partial charge in [-0.2, -0.15) is 0 Å². The van der Waals surface area contributed by atoms with E-state index in [2.05, 4.69) is 75.5 Å². The van der Waals surface area contributed by atoms with E-state index in [9.17, 15) is 5.11 Å². The first-order valence-corrected chi connectivity index (χ1v) is 12.8. The maximum atomic E-state index is 10.7. The van der Waals surface area contributed by atoms with Gasteiger partial charge in [0, 0.05) is 48.6 Å². The van der Waals surface area contributed by atoms with Crippen molar-refractivity contribution in [1.29, 1.82) is 0 Å². The number of benzene rings is 3. The van der Waals surface area contributed by atoms with Crippen LogP contribution in [0.5, 0.6) is 5.75 Å². The van der Waals surface area contributed by atoms with Crippen molar-refractivity contribution >= 4 is 34.4 Å². The highest BCUT2D eigenvalue weighted by Crippen LogP contribution is 2.39. The number of fused-ring (bicyclic) bond motifs is 3. The largest absolute Gasteiger partial charge is 0.490 e. The van der Waals surface area contributed by atoms with Crippen molar-refractivity contribution in [2.24, 2.45) is 0 Å². The molecule has 3 heterocycles. The first-order chi connectivity index (χ1) is 17.8. The number of β-amino-alcohol motifs (C(OH)–C–C–N with tert-alkyl or cyclic N) is 1. The van der Waals surface area contributed by atoms with Crippen LogP contribution < -0.4 is 9.64 Å². The highest BCUT2D eigenvalue weighted by molar-refractivity contribution is 5.89. The number of rotatable bonds is 6. The molecule has 1 atom stereocenters. The highest BCUT2D eigenvalue weighted by Gasteiger charge is 2.29. The number of likely N-dealkylation sites (tertiary alicyclic amines) is 1. The number of para-hydroxylation sites is 2. The lowest BCUT2D eigenvalue weighted by Crippen LogP contribution is -2.46. The summed E-state index contributed by atoms with van der Waals surface area (Å²) in [6.07, 6.45) is 7.79. The molecule has 6 rings (SSSR count). The first-order valence-electron chi connectivity index (χ1n) is 12.8. The number of nitrogens with zero attached hydrogens (tertiary/aromatic N) is 3. The molecule has 1 N–H and O–H groups in total. The molecule has 2 aliphatic heterocycles. The molecule has 5 nitrogen and oxygen atoms in total.